The van der Waals surface area contributed by atoms with E-state index in [2.05, 4.69) is 0 Å². The van der Waals surface area contributed by atoms with E-state index in [4.69, 9.17) is 0 Å². The number of rotatable bonds is 2. The van der Waals surface area contributed by atoms with Gasteiger partial charge in [-0.1, -0.05) is 17.7 Å². The van der Waals surface area contributed by atoms with E-state index in [-0.39, 0.29) is 0 Å². The zero-order valence-electron chi connectivity index (χ0n) is 10.4. The van der Waals surface area contributed by atoms with Gasteiger partial charge in [0.15, 0.2) is 0 Å². The van der Waals surface area contributed by atoms with Gasteiger partial charge in [-0.2, -0.15) is 0 Å². The van der Waals surface area contributed by atoms with E-state index in [1.165, 1.54) is 0 Å². The Bertz CT molecular complexity index is 434. The second-order valence-electron chi connectivity index (χ2n) is 4.88. The average Bonchev–Trinajstić information content (AvgIpc) is 1.97. The molecule has 4 heteroatoms. The summed E-state index contributed by atoms with van der Waals surface area (Å²) < 4.78 is 11.5. The highest BCUT2D eigenvalue weighted by Crippen LogP contribution is 2.57. The zero-order chi connectivity index (χ0) is 12.7. The standard InChI is InChI=1S/C12H19O3P/c1-8-6-9(2)11(10(3)7-8)12(4,5)16(13,14)15/h6-7H,1-5H3,(H2,13,14,15). The van der Waals surface area contributed by atoms with Crippen LogP contribution in [0.25, 0.3) is 0 Å². The summed E-state index contributed by atoms with van der Waals surface area (Å²) in [4.78, 5) is 18.9. The maximum absolute atomic E-state index is 11.5. The zero-order valence-corrected chi connectivity index (χ0v) is 11.3. The Labute approximate surface area is 96.7 Å². The molecule has 0 aliphatic rings. The normalized spacial score (nSPS) is 12.9. The van der Waals surface area contributed by atoms with Crippen LogP contribution < -0.4 is 0 Å². The van der Waals surface area contributed by atoms with Crippen LogP contribution in [0.1, 0.15) is 36.1 Å². The summed E-state index contributed by atoms with van der Waals surface area (Å²) in [6.07, 6.45) is 0. The van der Waals surface area contributed by atoms with Crippen LogP contribution in [0.2, 0.25) is 0 Å². The second kappa shape index (κ2) is 3.99. The van der Waals surface area contributed by atoms with Crippen molar-refractivity contribution in [1.82, 2.24) is 0 Å². The molecule has 0 aliphatic carbocycles. The molecular weight excluding hydrogens is 223 g/mol. The van der Waals surface area contributed by atoms with Crippen LogP contribution in [-0.2, 0) is 9.72 Å². The van der Waals surface area contributed by atoms with E-state index in [1.54, 1.807) is 13.8 Å². The molecule has 0 atom stereocenters. The quantitative estimate of drug-likeness (QED) is 0.784. The highest BCUT2D eigenvalue weighted by atomic mass is 31.2. The summed E-state index contributed by atoms with van der Waals surface area (Å²) in [7, 11) is -4.16. The third-order valence-corrected chi connectivity index (χ3v) is 4.70. The fourth-order valence-corrected chi connectivity index (χ4v) is 2.93. The fraction of sp³-hybridized carbons (Fsp3) is 0.500. The summed E-state index contributed by atoms with van der Waals surface area (Å²) in [6.45, 7) is 8.96. The molecule has 90 valence electrons. The minimum absolute atomic E-state index is 0.756. The predicted molar refractivity (Wildman–Crippen MR) is 65.7 cm³/mol. The first-order valence-corrected chi connectivity index (χ1v) is 6.82. The molecule has 0 bridgehead atoms. The van der Waals surface area contributed by atoms with Gasteiger partial charge in [0.25, 0.3) is 0 Å². The molecule has 3 nitrogen and oxygen atoms in total. The summed E-state index contributed by atoms with van der Waals surface area (Å²) >= 11 is 0. The van der Waals surface area contributed by atoms with Gasteiger partial charge in [-0.25, -0.2) is 0 Å². The Balaban J connectivity index is 3.51. The molecule has 1 aromatic rings. The van der Waals surface area contributed by atoms with Crippen molar-refractivity contribution in [3.8, 4) is 0 Å². The Morgan fingerprint density at radius 3 is 1.75 bits per heavy atom. The number of aryl methyl sites for hydroxylation is 3. The first-order valence-electron chi connectivity index (χ1n) is 5.21. The molecule has 0 amide bonds. The van der Waals surface area contributed by atoms with Gasteiger partial charge in [-0.3, -0.25) is 4.57 Å². The smallest absolute Gasteiger partial charge is 0.324 e. The highest BCUT2D eigenvalue weighted by Gasteiger charge is 2.41. The van der Waals surface area contributed by atoms with E-state index in [0.717, 1.165) is 22.3 Å². The molecule has 0 heterocycles. The van der Waals surface area contributed by atoms with Gasteiger partial charge in [0, 0.05) is 0 Å². The van der Waals surface area contributed by atoms with Gasteiger partial charge in [0.05, 0.1) is 5.16 Å². The van der Waals surface area contributed by atoms with Crippen LogP contribution in [0.4, 0.5) is 0 Å². The lowest BCUT2D eigenvalue weighted by Gasteiger charge is -2.30. The van der Waals surface area contributed by atoms with E-state index in [1.807, 2.05) is 32.9 Å². The Morgan fingerprint density at radius 1 is 1.06 bits per heavy atom. The van der Waals surface area contributed by atoms with Crippen LogP contribution in [-0.4, -0.2) is 9.79 Å². The molecule has 2 N–H and O–H groups in total. The van der Waals surface area contributed by atoms with Crippen LogP contribution in [0.15, 0.2) is 12.1 Å². The molecule has 0 spiro atoms. The first-order chi connectivity index (χ1) is 7.07. The highest BCUT2D eigenvalue weighted by molar-refractivity contribution is 7.53. The maximum Gasteiger partial charge on any atom is 0.335 e. The second-order valence-corrected chi connectivity index (χ2v) is 7.08. The minimum Gasteiger partial charge on any atom is -0.324 e. The van der Waals surface area contributed by atoms with Gasteiger partial charge in [0.2, 0.25) is 0 Å². The lowest BCUT2D eigenvalue weighted by atomic mass is 9.91. The molecule has 1 rings (SSSR count). The summed E-state index contributed by atoms with van der Waals surface area (Å²) in [6, 6.07) is 3.92. The lowest BCUT2D eigenvalue weighted by Crippen LogP contribution is -2.20. The molecule has 0 fully saturated rings. The molecule has 0 unspecified atom stereocenters. The lowest BCUT2D eigenvalue weighted by molar-refractivity contribution is 0.337. The van der Waals surface area contributed by atoms with Gasteiger partial charge in [-0.05, 0) is 51.3 Å². The van der Waals surface area contributed by atoms with Crippen molar-refractivity contribution in [3.63, 3.8) is 0 Å². The molecule has 16 heavy (non-hydrogen) atoms. The summed E-state index contributed by atoms with van der Waals surface area (Å²) in [5.74, 6) is 0. The van der Waals surface area contributed by atoms with E-state index < -0.39 is 12.8 Å². The van der Waals surface area contributed by atoms with Gasteiger partial charge in [0.1, 0.15) is 0 Å². The molecule has 1 aromatic carbocycles. The van der Waals surface area contributed by atoms with Crippen molar-refractivity contribution >= 4 is 7.60 Å². The summed E-state index contributed by atoms with van der Waals surface area (Å²) in [5, 5.41) is -1.13. The predicted octanol–water partition coefficient (Wildman–Crippen LogP) is 3.02. The average molecular weight is 242 g/mol. The first kappa shape index (κ1) is 13.4. The third-order valence-electron chi connectivity index (χ3n) is 3.02. The molecule has 0 saturated carbocycles. The van der Waals surface area contributed by atoms with Crippen molar-refractivity contribution in [2.45, 2.75) is 39.8 Å². The van der Waals surface area contributed by atoms with Crippen LogP contribution in [0.3, 0.4) is 0 Å². The van der Waals surface area contributed by atoms with Crippen molar-refractivity contribution in [2.24, 2.45) is 0 Å². The number of benzene rings is 1. The largest absolute Gasteiger partial charge is 0.335 e. The van der Waals surface area contributed by atoms with Crippen molar-refractivity contribution in [3.05, 3.63) is 34.4 Å². The van der Waals surface area contributed by atoms with Gasteiger partial charge < -0.3 is 9.79 Å². The number of hydrogen-bond donors (Lipinski definition) is 2. The number of hydrogen-bond acceptors (Lipinski definition) is 1. The summed E-state index contributed by atoms with van der Waals surface area (Å²) in [5.41, 5.74) is 3.74. The molecule has 0 aliphatic heterocycles. The monoisotopic (exact) mass is 242 g/mol. The van der Waals surface area contributed by atoms with E-state index >= 15 is 0 Å². The fourth-order valence-electron chi connectivity index (χ4n) is 2.29. The molecule has 0 radical (unpaired) electrons. The minimum atomic E-state index is -4.16. The van der Waals surface area contributed by atoms with E-state index in [0.29, 0.717) is 0 Å². The van der Waals surface area contributed by atoms with Crippen LogP contribution >= 0.6 is 7.60 Å². The van der Waals surface area contributed by atoms with Crippen molar-refractivity contribution in [1.29, 1.82) is 0 Å². The maximum atomic E-state index is 11.5. The Kier molecular flexibility index (Phi) is 3.35. The topological polar surface area (TPSA) is 57.5 Å². The van der Waals surface area contributed by atoms with Crippen molar-refractivity contribution < 1.29 is 14.4 Å². The van der Waals surface area contributed by atoms with Gasteiger partial charge >= 0.3 is 7.60 Å². The van der Waals surface area contributed by atoms with Gasteiger partial charge in [-0.15, -0.1) is 0 Å². The molecule has 0 aromatic heterocycles. The Hall–Kier alpha value is -0.630. The van der Waals surface area contributed by atoms with Crippen molar-refractivity contribution in [2.75, 3.05) is 0 Å². The SMILES string of the molecule is Cc1cc(C)c(C(C)(C)P(=O)(O)O)c(C)c1. The molecule has 0 saturated heterocycles. The molecular formula is C12H19O3P. The third kappa shape index (κ3) is 2.22. The Morgan fingerprint density at radius 2 is 1.44 bits per heavy atom. The van der Waals surface area contributed by atoms with Crippen LogP contribution in [0.5, 0.6) is 0 Å². The van der Waals surface area contributed by atoms with Crippen LogP contribution in [0, 0.1) is 20.8 Å². The van der Waals surface area contributed by atoms with E-state index in [9.17, 15) is 14.4 Å².